The molecule has 1 heterocycles. The number of carbonyl (C=O) groups is 2. The summed E-state index contributed by atoms with van der Waals surface area (Å²) in [5.41, 5.74) is 1.68. The molecular weight excluding hydrogens is 304 g/mol. The van der Waals surface area contributed by atoms with Gasteiger partial charge in [0.05, 0.1) is 24.8 Å². The summed E-state index contributed by atoms with van der Waals surface area (Å²) in [6.45, 7) is -0.151. The number of esters is 1. The highest BCUT2D eigenvalue weighted by molar-refractivity contribution is 7.99. The molecule has 116 valence electrons. The van der Waals surface area contributed by atoms with E-state index in [2.05, 4.69) is 15.0 Å². The average molecular weight is 320 g/mol. The molecule has 0 aliphatic rings. The van der Waals surface area contributed by atoms with Crippen LogP contribution in [0.3, 0.4) is 0 Å². The minimum atomic E-state index is -0.495. The number of hydrogen-bond donors (Lipinski definition) is 2. The predicted octanol–water partition coefficient (Wildman–Crippen LogP) is 0.645. The molecule has 0 saturated carbocycles. The highest BCUT2D eigenvalue weighted by Gasteiger charge is 2.11. The second-order valence-corrected chi connectivity index (χ2v) is 5.27. The van der Waals surface area contributed by atoms with E-state index in [9.17, 15) is 9.59 Å². The van der Waals surface area contributed by atoms with Crippen molar-refractivity contribution in [3.05, 3.63) is 36.5 Å². The fourth-order valence-corrected chi connectivity index (χ4v) is 2.38. The van der Waals surface area contributed by atoms with E-state index in [1.165, 1.54) is 23.5 Å². The zero-order valence-electron chi connectivity index (χ0n) is 12.0. The van der Waals surface area contributed by atoms with Gasteiger partial charge in [-0.2, -0.15) is 0 Å². The Morgan fingerprint density at radius 3 is 2.77 bits per heavy atom. The van der Waals surface area contributed by atoms with Crippen molar-refractivity contribution >= 4 is 23.6 Å². The van der Waals surface area contributed by atoms with Gasteiger partial charge in [0, 0.05) is 5.56 Å². The summed E-state index contributed by atoms with van der Waals surface area (Å²) < 4.78 is 5.81. The van der Waals surface area contributed by atoms with Crippen LogP contribution in [0, 0.1) is 0 Å². The molecule has 1 aromatic heterocycles. The molecule has 0 fully saturated rings. The Bertz CT molecular complexity index is 657. The summed E-state index contributed by atoms with van der Waals surface area (Å²) in [6.07, 6.45) is 1.70. The maximum Gasteiger partial charge on any atom is 0.325 e. The topological polar surface area (TPSA) is 99.2 Å². The van der Waals surface area contributed by atoms with E-state index < -0.39 is 5.97 Å². The van der Waals surface area contributed by atoms with Crippen molar-refractivity contribution in [3.8, 4) is 11.3 Å². The zero-order valence-corrected chi connectivity index (χ0v) is 12.8. The number of thioether (sulfide) groups is 1. The number of methoxy groups -OCH3 is 1. The van der Waals surface area contributed by atoms with Crippen molar-refractivity contribution in [1.82, 2.24) is 15.0 Å². The van der Waals surface area contributed by atoms with Crippen LogP contribution in [0.15, 0.2) is 41.7 Å². The lowest BCUT2D eigenvalue weighted by molar-refractivity contribution is -0.140. The predicted molar refractivity (Wildman–Crippen MR) is 83.6 cm³/mol. The number of aromatic nitrogens is 2. The maximum absolute atomic E-state index is 11.6. The van der Waals surface area contributed by atoms with Gasteiger partial charge >= 0.3 is 5.97 Å². The zero-order chi connectivity index (χ0) is 15.9. The summed E-state index contributed by atoms with van der Waals surface area (Å²) in [5, 5.41) is 2.97. The lowest BCUT2D eigenvalue weighted by Crippen LogP contribution is -2.31. The summed E-state index contributed by atoms with van der Waals surface area (Å²) in [7, 11) is 1.26. The maximum atomic E-state index is 11.6. The molecule has 0 aliphatic heterocycles. The third kappa shape index (κ3) is 4.26. The Morgan fingerprint density at radius 1 is 1.36 bits per heavy atom. The minimum Gasteiger partial charge on any atom is -0.468 e. The summed E-state index contributed by atoms with van der Waals surface area (Å²) in [6, 6.07) is 9.61. The van der Waals surface area contributed by atoms with E-state index in [4.69, 9.17) is 5.84 Å². The second kappa shape index (κ2) is 7.51. The van der Waals surface area contributed by atoms with Gasteiger partial charge in [0.15, 0.2) is 5.16 Å². The van der Waals surface area contributed by atoms with E-state index in [0.717, 1.165) is 11.3 Å². The monoisotopic (exact) mass is 320 g/mol. The third-order valence-electron chi connectivity index (χ3n) is 2.76. The molecule has 1 aromatic carbocycles. The van der Waals surface area contributed by atoms with Gasteiger partial charge in [0.2, 0.25) is 5.91 Å². The van der Waals surface area contributed by atoms with Crippen molar-refractivity contribution in [2.45, 2.75) is 5.16 Å². The van der Waals surface area contributed by atoms with Gasteiger partial charge in [0.1, 0.15) is 6.54 Å². The van der Waals surface area contributed by atoms with Crippen LogP contribution in [-0.4, -0.2) is 40.9 Å². The van der Waals surface area contributed by atoms with Gasteiger partial charge in [-0.1, -0.05) is 42.1 Å². The quantitative estimate of drug-likeness (QED) is 0.460. The number of carbonyl (C=O) groups excluding carboxylic acids is 2. The first-order valence-electron chi connectivity index (χ1n) is 6.46. The number of amides is 1. The smallest absolute Gasteiger partial charge is 0.325 e. The number of imidazole rings is 1. The van der Waals surface area contributed by atoms with Gasteiger partial charge in [-0.15, -0.1) is 0 Å². The van der Waals surface area contributed by atoms with Crippen LogP contribution in [0.4, 0.5) is 0 Å². The Balaban J connectivity index is 1.92. The first kappa shape index (κ1) is 15.9. The van der Waals surface area contributed by atoms with Crippen LogP contribution in [0.2, 0.25) is 0 Å². The number of nitrogens with one attached hydrogen (secondary N) is 1. The van der Waals surface area contributed by atoms with E-state index in [1.807, 2.05) is 30.3 Å². The molecule has 0 spiro atoms. The SMILES string of the molecule is COC(=O)CNC(=O)CSc1nc(-c2ccccc2)cn1N. The standard InChI is InChI=1S/C14H16N4O3S/c1-21-13(20)7-16-12(19)9-22-14-17-11(8-18(14)15)10-5-3-2-4-6-10/h2-6,8H,7,9,15H2,1H3,(H,16,19). The molecule has 22 heavy (non-hydrogen) atoms. The normalized spacial score (nSPS) is 10.2. The summed E-state index contributed by atoms with van der Waals surface area (Å²) >= 11 is 1.19. The number of nitrogen functional groups attached to an aromatic ring is 1. The fraction of sp³-hybridized carbons (Fsp3) is 0.214. The molecule has 0 radical (unpaired) electrons. The van der Waals surface area contributed by atoms with Gasteiger partial charge in [-0.3, -0.25) is 9.59 Å². The Morgan fingerprint density at radius 2 is 2.09 bits per heavy atom. The van der Waals surface area contributed by atoms with Crippen molar-refractivity contribution in [2.75, 3.05) is 25.3 Å². The van der Waals surface area contributed by atoms with Gasteiger partial charge < -0.3 is 15.9 Å². The molecular formula is C14H16N4O3S. The molecule has 2 rings (SSSR count). The Kier molecular flexibility index (Phi) is 5.42. The first-order valence-corrected chi connectivity index (χ1v) is 7.45. The molecule has 7 nitrogen and oxygen atoms in total. The van der Waals surface area contributed by atoms with E-state index >= 15 is 0 Å². The van der Waals surface area contributed by atoms with Crippen LogP contribution in [0.1, 0.15) is 0 Å². The third-order valence-corrected chi connectivity index (χ3v) is 3.72. The molecule has 1 amide bonds. The minimum absolute atomic E-state index is 0.111. The number of hydrogen-bond acceptors (Lipinski definition) is 6. The number of benzene rings is 1. The molecule has 0 atom stereocenters. The van der Waals surface area contributed by atoms with E-state index in [1.54, 1.807) is 6.20 Å². The summed E-state index contributed by atoms with van der Waals surface area (Å²) in [5.74, 6) is 5.16. The molecule has 0 saturated heterocycles. The Labute approximate surface area is 131 Å². The van der Waals surface area contributed by atoms with Crippen LogP contribution in [-0.2, 0) is 14.3 Å². The van der Waals surface area contributed by atoms with Crippen molar-refractivity contribution in [3.63, 3.8) is 0 Å². The second-order valence-electron chi connectivity index (χ2n) is 4.32. The van der Waals surface area contributed by atoms with Gasteiger partial charge in [0.25, 0.3) is 0 Å². The number of nitrogens with zero attached hydrogens (tertiary/aromatic N) is 2. The van der Waals surface area contributed by atoms with Crippen LogP contribution < -0.4 is 11.2 Å². The number of rotatable bonds is 6. The van der Waals surface area contributed by atoms with Crippen molar-refractivity contribution in [1.29, 1.82) is 0 Å². The molecule has 2 aromatic rings. The summed E-state index contributed by atoms with van der Waals surface area (Å²) in [4.78, 5) is 26.9. The van der Waals surface area contributed by atoms with Gasteiger partial charge in [-0.25, -0.2) is 9.66 Å². The number of nitrogens with two attached hydrogens (primary N) is 1. The average Bonchev–Trinajstić information content (AvgIpc) is 2.92. The van der Waals surface area contributed by atoms with Crippen molar-refractivity contribution < 1.29 is 14.3 Å². The van der Waals surface area contributed by atoms with Crippen molar-refractivity contribution in [2.24, 2.45) is 0 Å². The van der Waals surface area contributed by atoms with E-state index in [-0.39, 0.29) is 18.2 Å². The molecule has 0 unspecified atom stereocenters. The molecule has 0 bridgehead atoms. The van der Waals surface area contributed by atoms with Crippen LogP contribution >= 0.6 is 11.8 Å². The highest BCUT2D eigenvalue weighted by Crippen LogP contribution is 2.22. The molecule has 3 N–H and O–H groups in total. The number of ether oxygens (including phenoxy) is 1. The first-order chi connectivity index (χ1) is 10.6. The fourth-order valence-electron chi connectivity index (χ4n) is 1.66. The van der Waals surface area contributed by atoms with Gasteiger partial charge in [-0.05, 0) is 0 Å². The Hall–Kier alpha value is -2.48. The lowest BCUT2D eigenvalue weighted by atomic mass is 10.2. The lowest BCUT2D eigenvalue weighted by Gasteiger charge is -2.03. The van der Waals surface area contributed by atoms with Crippen LogP contribution in [0.25, 0.3) is 11.3 Å². The molecule has 8 heteroatoms. The molecule has 0 aliphatic carbocycles. The van der Waals surface area contributed by atoms with Crippen LogP contribution in [0.5, 0.6) is 0 Å². The van der Waals surface area contributed by atoms with E-state index in [0.29, 0.717) is 5.16 Å². The largest absolute Gasteiger partial charge is 0.468 e. The highest BCUT2D eigenvalue weighted by atomic mass is 32.2.